The van der Waals surface area contributed by atoms with Crippen molar-refractivity contribution >= 4 is 12.0 Å². The summed E-state index contributed by atoms with van der Waals surface area (Å²) in [6, 6.07) is 6.92. The summed E-state index contributed by atoms with van der Waals surface area (Å²) in [5, 5.41) is 2.81. The number of hydrogen-bond acceptors (Lipinski definition) is 4. The Morgan fingerprint density at radius 3 is 2.45 bits per heavy atom. The Balaban J connectivity index is 2.86. The molecule has 0 bridgehead atoms. The molecule has 0 unspecified atom stereocenters. The van der Waals surface area contributed by atoms with Crippen molar-refractivity contribution in [1.29, 1.82) is 0 Å². The zero-order chi connectivity index (χ0) is 16.8. The third kappa shape index (κ3) is 6.03. The van der Waals surface area contributed by atoms with E-state index in [9.17, 15) is 9.59 Å². The molecule has 6 heteroatoms. The molecular formula is C16H24N2O4. The van der Waals surface area contributed by atoms with Crippen LogP contribution in [0.25, 0.3) is 0 Å². The molecule has 0 aliphatic heterocycles. The zero-order valence-corrected chi connectivity index (χ0v) is 13.5. The van der Waals surface area contributed by atoms with Crippen LogP contribution < -0.4 is 15.8 Å². The Kier molecular flexibility index (Phi) is 6.22. The van der Waals surface area contributed by atoms with Crippen LogP contribution in [-0.4, -0.2) is 24.2 Å². The Morgan fingerprint density at radius 2 is 1.91 bits per heavy atom. The number of benzene rings is 1. The minimum absolute atomic E-state index is 0.208. The van der Waals surface area contributed by atoms with E-state index in [0.29, 0.717) is 12.2 Å². The number of alkyl carbamates (subject to hydrolysis) is 1. The Bertz CT molecular complexity index is 523. The lowest BCUT2D eigenvalue weighted by Crippen LogP contribution is -2.35. The first kappa shape index (κ1) is 17.8. The fraction of sp³-hybridized carbons (Fsp3) is 0.500. The number of carbonyl (C=O) groups excluding carboxylic acids is 2. The minimum atomic E-state index is -0.565. The van der Waals surface area contributed by atoms with Gasteiger partial charge in [-0.2, -0.15) is 0 Å². The van der Waals surface area contributed by atoms with Crippen LogP contribution in [0.15, 0.2) is 24.3 Å². The summed E-state index contributed by atoms with van der Waals surface area (Å²) < 4.78 is 10.7. The fourth-order valence-electron chi connectivity index (χ4n) is 1.90. The van der Waals surface area contributed by atoms with E-state index in [1.54, 1.807) is 32.9 Å². The van der Waals surface area contributed by atoms with Gasteiger partial charge in [0.1, 0.15) is 11.4 Å². The molecule has 0 saturated carbocycles. The number of rotatable bonds is 6. The van der Waals surface area contributed by atoms with Crippen LogP contribution in [0.1, 0.15) is 45.7 Å². The Hall–Kier alpha value is -2.24. The molecule has 2 amide bonds. The van der Waals surface area contributed by atoms with E-state index in [4.69, 9.17) is 15.2 Å². The Morgan fingerprint density at radius 1 is 1.27 bits per heavy atom. The van der Waals surface area contributed by atoms with Gasteiger partial charge in [0.05, 0.1) is 6.04 Å². The Labute approximate surface area is 131 Å². The quantitative estimate of drug-likeness (QED) is 0.845. The molecular weight excluding hydrogens is 284 g/mol. The maximum absolute atomic E-state index is 11.9. The SMILES string of the molecule is CC[C@H](NC(=O)OC(C)(C)C)c1ccccc1OCC(N)=O. The standard InChI is InChI=1S/C16H24N2O4/c1-5-12(18-15(20)22-16(2,3)4)11-8-6-7-9-13(11)21-10-14(17)19/h6-9,12H,5,10H2,1-4H3,(H2,17,19)(H,18,20)/t12-/m0/s1. The summed E-state index contributed by atoms with van der Waals surface area (Å²) in [6.45, 7) is 7.14. The van der Waals surface area contributed by atoms with Crippen molar-refractivity contribution in [1.82, 2.24) is 5.32 Å². The van der Waals surface area contributed by atoms with Crippen molar-refractivity contribution in [3.05, 3.63) is 29.8 Å². The number of nitrogens with two attached hydrogens (primary N) is 1. The van der Waals surface area contributed by atoms with Crippen molar-refractivity contribution < 1.29 is 19.1 Å². The number of para-hydroxylation sites is 1. The molecule has 1 atom stereocenters. The maximum atomic E-state index is 11.9. The molecule has 0 heterocycles. The monoisotopic (exact) mass is 308 g/mol. The average molecular weight is 308 g/mol. The van der Waals surface area contributed by atoms with Gasteiger partial charge in [0, 0.05) is 5.56 Å². The van der Waals surface area contributed by atoms with Crippen molar-refractivity contribution in [2.24, 2.45) is 5.73 Å². The maximum Gasteiger partial charge on any atom is 0.408 e. The molecule has 22 heavy (non-hydrogen) atoms. The summed E-state index contributed by atoms with van der Waals surface area (Å²) >= 11 is 0. The van der Waals surface area contributed by atoms with Crippen molar-refractivity contribution in [2.75, 3.05) is 6.61 Å². The van der Waals surface area contributed by atoms with E-state index < -0.39 is 17.6 Å². The highest BCUT2D eigenvalue weighted by atomic mass is 16.6. The summed E-state index contributed by atoms with van der Waals surface area (Å²) in [5.74, 6) is -0.0350. The van der Waals surface area contributed by atoms with E-state index in [0.717, 1.165) is 5.56 Å². The average Bonchev–Trinajstić information content (AvgIpc) is 2.41. The van der Waals surface area contributed by atoms with E-state index in [2.05, 4.69) is 5.32 Å². The molecule has 1 rings (SSSR count). The molecule has 6 nitrogen and oxygen atoms in total. The summed E-state index contributed by atoms with van der Waals surface area (Å²) in [4.78, 5) is 22.8. The first-order valence-electron chi connectivity index (χ1n) is 7.22. The largest absolute Gasteiger partial charge is 0.483 e. The molecule has 0 aliphatic carbocycles. The topological polar surface area (TPSA) is 90.7 Å². The predicted molar refractivity (Wildman–Crippen MR) is 83.5 cm³/mol. The van der Waals surface area contributed by atoms with Gasteiger partial charge in [-0.05, 0) is 33.3 Å². The zero-order valence-electron chi connectivity index (χ0n) is 13.5. The van der Waals surface area contributed by atoms with Gasteiger partial charge in [-0.15, -0.1) is 0 Å². The van der Waals surface area contributed by atoms with Crippen molar-refractivity contribution in [3.63, 3.8) is 0 Å². The minimum Gasteiger partial charge on any atom is -0.483 e. The molecule has 0 aromatic heterocycles. The number of amides is 2. The van der Waals surface area contributed by atoms with Crippen LogP contribution in [0.4, 0.5) is 4.79 Å². The number of ether oxygens (including phenoxy) is 2. The summed E-state index contributed by atoms with van der Waals surface area (Å²) in [5.41, 5.74) is 5.31. The second-order valence-corrected chi connectivity index (χ2v) is 5.90. The van der Waals surface area contributed by atoms with Gasteiger partial charge in [0.25, 0.3) is 5.91 Å². The van der Waals surface area contributed by atoms with Gasteiger partial charge in [-0.25, -0.2) is 4.79 Å². The lowest BCUT2D eigenvalue weighted by atomic mass is 10.0. The lowest BCUT2D eigenvalue weighted by molar-refractivity contribution is -0.119. The van der Waals surface area contributed by atoms with Crippen LogP contribution in [0.3, 0.4) is 0 Å². The molecule has 1 aromatic rings. The molecule has 0 spiro atoms. The molecule has 122 valence electrons. The van der Waals surface area contributed by atoms with Gasteiger partial charge in [0.15, 0.2) is 6.61 Å². The molecule has 1 aromatic carbocycles. The number of hydrogen-bond donors (Lipinski definition) is 2. The van der Waals surface area contributed by atoms with Gasteiger partial charge in [0.2, 0.25) is 0 Å². The fourth-order valence-corrected chi connectivity index (χ4v) is 1.90. The molecule has 0 fully saturated rings. The molecule has 3 N–H and O–H groups in total. The van der Waals surface area contributed by atoms with E-state index in [-0.39, 0.29) is 12.6 Å². The molecule has 0 radical (unpaired) electrons. The highest BCUT2D eigenvalue weighted by molar-refractivity contribution is 5.75. The number of nitrogens with one attached hydrogen (secondary N) is 1. The van der Waals surface area contributed by atoms with Crippen LogP contribution in [0.2, 0.25) is 0 Å². The summed E-state index contributed by atoms with van der Waals surface area (Å²) in [7, 11) is 0. The smallest absolute Gasteiger partial charge is 0.408 e. The molecule has 0 aliphatic rings. The van der Waals surface area contributed by atoms with Gasteiger partial charge >= 0.3 is 6.09 Å². The molecule has 0 saturated heterocycles. The van der Waals surface area contributed by atoms with E-state index >= 15 is 0 Å². The van der Waals surface area contributed by atoms with Crippen LogP contribution >= 0.6 is 0 Å². The van der Waals surface area contributed by atoms with Crippen LogP contribution in [0, 0.1) is 0 Å². The number of primary amides is 1. The van der Waals surface area contributed by atoms with E-state index in [1.165, 1.54) is 0 Å². The predicted octanol–water partition coefficient (Wildman–Crippen LogP) is 2.53. The van der Waals surface area contributed by atoms with Gasteiger partial charge < -0.3 is 20.5 Å². The normalized spacial score (nSPS) is 12.4. The highest BCUT2D eigenvalue weighted by Gasteiger charge is 2.21. The third-order valence-electron chi connectivity index (χ3n) is 2.76. The number of carbonyl (C=O) groups is 2. The first-order valence-corrected chi connectivity index (χ1v) is 7.22. The first-order chi connectivity index (χ1) is 10.2. The van der Waals surface area contributed by atoms with Crippen molar-refractivity contribution in [2.45, 2.75) is 45.8 Å². The third-order valence-corrected chi connectivity index (χ3v) is 2.76. The van der Waals surface area contributed by atoms with Crippen LogP contribution in [-0.2, 0) is 9.53 Å². The van der Waals surface area contributed by atoms with Crippen molar-refractivity contribution in [3.8, 4) is 5.75 Å². The second-order valence-electron chi connectivity index (χ2n) is 5.90. The summed E-state index contributed by atoms with van der Waals surface area (Å²) in [6.07, 6.45) is 0.153. The highest BCUT2D eigenvalue weighted by Crippen LogP contribution is 2.27. The van der Waals surface area contributed by atoms with Gasteiger partial charge in [-0.1, -0.05) is 25.1 Å². The van der Waals surface area contributed by atoms with Gasteiger partial charge in [-0.3, -0.25) is 4.79 Å². The van der Waals surface area contributed by atoms with E-state index in [1.807, 2.05) is 19.1 Å². The lowest BCUT2D eigenvalue weighted by Gasteiger charge is -2.24. The second kappa shape index (κ2) is 7.68. The van der Waals surface area contributed by atoms with Crippen LogP contribution in [0.5, 0.6) is 5.75 Å².